The first-order chi connectivity index (χ1) is 7.04. The van der Waals surface area contributed by atoms with Crippen LogP contribution in [0.5, 0.6) is 0 Å². The van der Waals surface area contributed by atoms with Gasteiger partial charge in [-0.05, 0) is 18.8 Å². The Morgan fingerprint density at radius 3 is 2.60 bits per heavy atom. The Hall–Kier alpha value is -1.32. The summed E-state index contributed by atoms with van der Waals surface area (Å²) in [6.45, 7) is 6.79. The molecule has 0 aromatic carbocycles. The van der Waals surface area contributed by atoms with Gasteiger partial charge in [0.15, 0.2) is 0 Å². The Labute approximate surface area is 89.0 Å². The normalized spacial score (nSPS) is 10.9. The van der Waals surface area contributed by atoms with Crippen LogP contribution in [0.25, 0.3) is 0 Å². The van der Waals surface area contributed by atoms with E-state index in [9.17, 15) is 9.59 Å². The molecule has 1 aromatic heterocycles. The zero-order valence-electron chi connectivity index (χ0n) is 9.54. The highest BCUT2D eigenvalue weighted by molar-refractivity contribution is 5.03. The van der Waals surface area contributed by atoms with Crippen LogP contribution in [0.4, 0.5) is 0 Å². The largest absolute Gasteiger partial charge is 0.328 e. The molecule has 0 amide bonds. The number of aromatic nitrogens is 2. The van der Waals surface area contributed by atoms with Gasteiger partial charge in [-0.25, -0.2) is 4.79 Å². The monoisotopic (exact) mass is 210 g/mol. The SMILES string of the molecule is CCc1cn(CCC(C)C)c(=O)[nH]c1=O. The number of aromatic amines is 1. The predicted octanol–water partition coefficient (Wildman–Crippen LogP) is 1.15. The fraction of sp³-hybridized carbons (Fsp3) is 0.636. The number of nitrogens with zero attached hydrogens (tertiary/aromatic N) is 1. The summed E-state index contributed by atoms with van der Waals surface area (Å²) in [7, 11) is 0. The van der Waals surface area contributed by atoms with E-state index in [2.05, 4.69) is 18.8 Å². The summed E-state index contributed by atoms with van der Waals surface area (Å²) in [4.78, 5) is 25.1. The van der Waals surface area contributed by atoms with Crippen molar-refractivity contribution in [1.29, 1.82) is 0 Å². The quantitative estimate of drug-likeness (QED) is 0.810. The first-order valence-electron chi connectivity index (χ1n) is 5.37. The molecule has 0 bridgehead atoms. The van der Waals surface area contributed by atoms with E-state index >= 15 is 0 Å². The minimum atomic E-state index is -0.308. The molecular weight excluding hydrogens is 192 g/mol. The van der Waals surface area contributed by atoms with Gasteiger partial charge in [0.2, 0.25) is 0 Å². The fourth-order valence-corrected chi connectivity index (χ4v) is 1.37. The van der Waals surface area contributed by atoms with E-state index in [1.165, 1.54) is 0 Å². The van der Waals surface area contributed by atoms with E-state index < -0.39 is 0 Å². The van der Waals surface area contributed by atoms with Crippen molar-refractivity contribution in [2.75, 3.05) is 0 Å². The van der Waals surface area contributed by atoms with E-state index in [1.807, 2.05) is 6.92 Å². The molecular formula is C11H18N2O2. The summed E-state index contributed by atoms with van der Waals surface area (Å²) in [5.41, 5.74) is 0.0968. The maximum atomic E-state index is 11.4. The van der Waals surface area contributed by atoms with Gasteiger partial charge >= 0.3 is 5.69 Å². The van der Waals surface area contributed by atoms with Crippen LogP contribution in [0.2, 0.25) is 0 Å². The summed E-state index contributed by atoms with van der Waals surface area (Å²) >= 11 is 0. The van der Waals surface area contributed by atoms with Gasteiger partial charge in [0.25, 0.3) is 5.56 Å². The maximum Gasteiger partial charge on any atom is 0.328 e. The average molecular weight is 210 g/mol. The first-order valence-corrected chi connectivity index (χ1v) is 5.37. The van der Waals surface area contributed by atoms with Crippen LogP contribution in [0.1, 0.15) is 32.8 Å². The van der Waals surface area contributed by atoms with Gasteiger partial charge in [-0.1, -0.05) is 20.8 Å². The second-order valence-corrected chi connectivity index (χ2v) is 4.14. The number of rotatable bonds is 4. The zero-order chi connectivity index (χ0) is 11.4. The molecule has 0 aliphatic rings. The average Bonchev–Trinajstić information content (AvgIpc) is 2.16. The summed E-state index contributed by atoms with van der Waals surface area (Å²) in [6, 6.07) is 0. The number of nitrogens with one attached hydrogen (secondary N) is 1. The molecule has 1 aromatic rings. The van der Waals surface area contributed by atoms with Crippen LogP contribution >= 0.6 is 0 Å². The van der Waals surface area contributed by atoms with Crippen molar-refractivity contribution in [3.63, 3.8) is 0 Å². The molecule has 0 radical (unpaired) electrons. The highest BCUT2D eigenvalue weighted by Gasteiger charge is 2.03. The van der Waals surface area contributed by atoms with Crippen molar-refractivity contribution in [2.45, 2.75) is 40.2 Å². The fourth-order valence-electron chi connectivity index (χ4n) is 1.37. The Balaban J connectivity index is 2.98. The van der Waals surface area contributed by atoms with Crippen LogP contribution in [0.3, 0.4) is 0 Å². The van der Waals surface area contributed by atoms with Crippen LogP contribution in [0.15, 0.2) is 15.8 Å². The molecule has 0 spiro atoms. The van der Waals surface area contributed by atoms with E-state index in [1.54, 1.807) is 10.8 Å². The van der Waals surface area contributed by atoms with E-state index in [0.29, 0.717) is 24.4 Å². The molecule has 0 saturated heterocycles. The lowest BCUT2D eigenvalue weighted by molar-refractivity contribution is 0.499. The van der Waals surface area contributed by atoms with Gasteiger partial charge in [-0.3, -0.25) is 9.78 Å². The minimum absolute atomic E-state index is 0.261. The molecule has 4 nitrogen and oxygen atoms in total. The van der Waals surface area contributed by atoms with Gasteiger partial charge in [0, 0.05) is 18.3 Å². The molecule has 84 valence electrons. The lowest BCUT2D eigenvalue weighted by Crippen LogP contribution is -2.31. The standard InChI is InChI=1S/C11H18N2O2/c1-4-9-7-13(6-5-8(2)3)11(15)12-10(9)14/h7-8H,4-6H2,1-3H3,(H,12,14,15). The molecule has 1 rings (SSSR count). The molecule has 1 N–H and O–H groups in total. The molecule has 0 fully saturated rings. The maximum absolute atomic E-state index is 11.4. The van der Waals surface area contributed by atoms with Crippen molar-refractivity contribution >= 4 is 0 Å². The Kier molecular flexibility index (Phi) is 3.88. The third-order valence-electron chi connectivity index (χ3n) is 2.41. The molecule has 15 heavy (non-hydrogen) atoms. The lowest BCUT2D eigenvalue weighted by atomic mass is 10.1. The summed E-state index contributed by atoms with van der Waals surface area (Å²) in [5, 5.41) is 0. The third kappa shape index (κ3) is 3.08. The summed E-state index contributed by atoms with van der Waals surface area (Å²) in [6.07, 6.45) is 3.26. The molecule has 0 unspecified atom stereocenters. The Morgan fingerprint density at radius 1 is 1.40 bits per heavy atom. The Morgan fingerprint density at radius 2 is 2.07 bits per heavy atom. The highest BCUT2D eigenvalue weighted by Crippen LogP contribution is 2.00. The number of hydrogen-bond acceptors (Lipinski definition) is 2. The zero-order valence-corrected chi connectivity index (χ0v) is 9.54. The van der Waals surface area contributed by atoms with Gasteiger partial charge in [-0.2, -0.15) is 0 Å². The topological polar surface area (TPSA) is 54.9 Å². The van der Waals surface area contributed by atoms with Gasteiger partial charge in [0.1, 0.15) is 0 Å². The molecule has 4 heteroatoms. The number of hydrogen-bond donors (Lipinski definition) is 1. The van der Waals surface area contributed by atoms with Crippen LogP contribution in [-0.2, 0) is 13.0 Å². The minimum Gasteiger partial charge on any atom is -0.300 e. The van der Waals surface area contributed by atoms with Crippen molar-refractivity contribution in [3.05, 3.63) is 32.6 Å². The molecule has 0 aliphatic carbocycles. The molecule has 0 aliphatic heterocycles. The van der Waals surface area contributed by atoms with Crippen molar-refractivity contribution in [3.8, 4) is 0 Å². The third-order valence-corrected chi connectivity index (χ3v) is 2.41. The molecule has 0 saturated carbocycles. The van der Waals surface area contributed by atoms with Gasteiger partial charge in [0.05, 0.1) is 0 Å². The first kappa shape index (κ1) is 11.8. The van der Waals surface area contributed by atoms with Gasteiger partial charge in [-0.15, -0.1) is 0 Å². The summed E-state index contributed by atoms with van der Waals surface area (Å²) < 4.78 is 1.58. The molecule has 1 heterocycles. The highest BCUT2D eigenvalue weighted by atomic mass is 16.2. The van der Waals surface area contributed by atoms with E-state index in [-0.39, 0.29) is 11.2 Å². The van der Waals surface area contributed by atoms with E-state index in [4.69, 9.17) is 0 Å². The van der Waals surface area contributed by atoms with E-state index in [0.717, 1.165) is 6.42 Å². The van der Waals surface area contributed by atoms with Crippen LogP contribution in [0, 0.1) is 5.92 Å². The second kappa shape index (κ2) is 4.96. The second-order valence-electron chi connectivity index (χ2n) is 4.14. The van der Waals surface area contributed by atoms with Crippen LogP contribution in [-0.4, -0.2) is 9.55 Å². The smallest absolute Gasteiger partial charge is 0.300 e. The molecule has 0 atom stereocenters. The van der Waals surface area contributed by atoms with Crippen LogP contribution < -0.4 is 11.2 Å². The number of H-pyrrole nitrogens is 1. The van der Waals surface area contributed by atoms with Crippen molar-refractivity contribution in [2.24, 2.45) is 5.92 Å². The number of aryl methyl sites for hydroxylation is 2. The van der Waals surface area contributed by atoms with Crippen molar-refractivity contribution < 1.29 is 0 Å². The Bertz CT molecular complexity index is 429. The van der Waals surface area contributed by atoms with Gasteiger partial charge < -0.3 is 4.57 Å². The lowest BCUT2D eigenvalue weighted by Gasteiger charge is -2.08. The van der Waals surface area contributed by atoms with Crippen molar-refractivity contribution in [1.82, 2.24) is 9.55 Å². The summed E-state index contributed by atoms with van der Waals surface area (Å²) in [5.74, 6) is 0.550. The predicted molar refractivity (Wildman–Crippen MR) is 60.2 cm³/mol.